The number of aromatic nitrogens is 1. The van der Waals surface area contributed by atoms with Crippen molar-refractivity contribution in [1.82, 2.24) is 9.88 Å². The minimum atomic E-state index is -0.540. The van der Waals surface area contributed by atoms with Gasteiger partial charge in [0.15, 0.2) is 11.5 Å². The summed E-state index contributed by atoms with van der Waals surface area (Å²) in [5.41, 5.74) is 2.65. The summed E-state index contributed by atoms with van der Waals surface area (Å²) in [6, 6.07) is 16.2. The molecule has 1 fully saturated rings. The molecule has 0 saturated carbocycles. The van der Waals surface area contributed by atoms with Gasteiger partial charge in [0.2, 0.25) is 0 Å². The fourth-order valence-corrected chi connectivity index (χ4v) is 4.27. The number of aromatic amines is 1. The zero-order valence-corrected chi connectivity index (χ0v) is 17.3. The van der Waals surface area contributed by atoms with Gasteiger partial charge >= 0.3 is 0 Å². The number of nitrogens with zero attached hydrogens (tertiary/aromatic N) is 1. The van der Waals surface area contributed by atoms with Crippen molar-refractivity contribution in [2.24, 2.45) is 0 Å². The van der Waals surface area contributed by atoms with E-state index in [0.29, 0.717) is 30.6 Å². The molecule has 0 radical (unpaired) electrons. The Labute approximate surface area is 177 Å². The van der Waals surface area contributed by atoms with Gasteiger partial charge in [-0.1, -0.05) is 36.9 Å². The number of hydrogen-bond acceptors (Lipinski definition) is 4. The molecule has 2 heterocycles. The first kappa shape index (κ1) is 20.5. The van der Waals surface area contributed by atoms with Crippen LogP contribution in [0.2, 0.25) is 0 Å². The average Bonchev–Trinajstić information content (AvgIpc) is 3.26. The number of hydrogen-bond donors (Lipinski definition) is 2. The van der Waals surface area contributed by atoms with Crippen molar-refractivity contribution in [2.45, 2.75) is 24.9 Å². The fourth-order valence-electron chi connectivity index (χ4n) is 4.27. The number of fused-ring (bicyclic) bond motifs is 1. The van der Waals surface area contributed by atoms with Crippen LogP contribution in [0.5, 0.6) is 11.5 Å². The number of benzene rings is 2. The first-order valence-corrected chi connectivity index (χ1v) is 10.7. The van der Waals surface area contributed by atoms with Crippen LogP contribution in [0.3, 0.4) is 0 Å². The lowest BCUT2D eigenvalue weighted by Crippen LogP contribution is -2.40. The fraction of sp³-hybridized carbons (Fsp3) is 0.360. The van der Waals surface area contributed by atoms with Gasteiger partial charge in [-0.05, 0) is 61.7 Å². The van der Waals surface area contributed by atoms with Gasteiger partial charge in [-0.25, -0.2) is 0 Å². The van der Waals surface area contributed by atoms with Crippen LogP contribution >= 0.6 is 0 Å². The standard InChI is InChI=1S/C25H30N2O3/c1-2-16-29-24-8-3-4-9-25(24)30-18-20(28)17-27-14-11-19(12-15-27)21-6-5-7-23-22(21)10-13-26-23/h2-10,13,19-20,26,28H,1,11-12,14-18H2. The van der Waals surface area contributed by atoms with Crippen molar-refractivity contribution in [3.05, 3.63) is 72.9 Å². The summed E-state index contributed by atoms with van der Waals surface area (Å²) in [7, 11) is 0. The molecule has 1 unspecified atom stereocenters. The lowest BCUT2D eigenvalue weighted by Gasteiger charge is -2.33. The molecule has 2 N–H and O–H groups in total. The van der Waals surface area contributed by atoms with E-state index in [0.717, 1.165) is 25.9 Å². The van der Waals surface area contributed by atoms with E-state index in [2.05, 4.69) is 40.7 Å². The molecule has 1 aromatic heterocycles. The number of nitrogens with one attached hydrogen (secondary N) is 1. The summed E-state index contributed by atoms with van der Waals surface area (Å²) < 4.78 is 11.4. The molecule has 2 aromatic carbocycles. The van der Waals surface area contributed by atoms with Crippen molar-refractivity contribution in [3.8, 4) is 11.5 Å². The Bertz CT molecular complexity index is 960. The summed E-state index contributed by atoms with van der Waals surface area (Å²) in [4.78, 5) is 5.64. The lowest BCUT2D eigenvalue weighted by atomic mass is 9.87. The Morgan fingerprint density at radius 2 is 1.83 bits per heavy atom. The predicted molar refractivity (Wildman–Crippen MR) is 120 cm³/mol. The number of ether oxygens (including phenoxy) is 2. The van der Waals surface area contributed by atoms with Gasteiger partial charge < -0.3 is 24.5 Å². The van der Waals surface area contributed by atoms with Gasteiger partial charge in [0.05, 0.1) is 0 Å². The first-order chi connectivity index (χ1) is 14.7. The molecule has 1 aliphatic heterocycles. The summed E-state index contributed by atoms with van der Waals surface area (Å²) in [6.45, 7) is 6.94. The zero-order chi connectivity index (χ0) is 20.8. The van der Waals surface area contributed by atoms with Crippen molar-refractivity contribution in [3.63, 3.8) is 0 Å². The second-order valence-corrected chi connectivity index (χ2v) is 7.87. The summed E-state index contributed by atoms with van der Waals surface area (Å²) in [5, 5.41) is 11.8. The van der Waals surface area contributed by atoms with E-state index < -0.39 is 6.10 Å². The lowest BCUT2D eigenvalue weighted by molar-refractivity contribution is 0.0585. The highest BCUT2D eigenvalue weighted by Crippen LogP contribution is 2.33. The number of rotatable bonds is 9. The maximum Gasteiger partial charge on any atom is 0.161 e. The second kappa shape index (κ2) is 9.83. The quantitative estimate of drug-likeness (QED) is 0.519. The Morgan fingerprint density at radius 1 is 1.07 bits per heavy atom. The number of para-hydroxylation sites is 2. The van der Waals surface area contributed by atoms with Crippen LogP contribution in [0.15, 0.2) is 67.4 Å². The number of β-amino-alcohol motifs (C(OH)–C–C–N with tert-alkyl or cyclic N) is 1. The highest BCUT2D eigenvalue weighted by Gasteiger charge is 2.23. The maximum atomic E-state index is 10.5. The minimum absolute atomic E-state index is 0.247. The highest BCUT2D eigenvalue weighted by molar-refractivity contribution is 5.83. The number of likely N-dealkylation sites (tertiary alicyclic amines) is 1. The Morgan fingerprint density at radius 3 is 2.60 bits per heavy atom. The largest absolute Gasteiger partial charge is 0.487 e. The Balaban J connectivity index is 1.26. The van der Waals surface area contributed by atoms with Crippen LogP contribution in [0.4, 0.5) is 0 Å². The third-order valence-corrected chi connectivity index (χ3v) is 5.76. The molecule has 1 atom stereocenters. The smallest absolute Gasteiger partial charge is 0.161 e. The Hall–Kier alpha value is -2.76. The third-order valence-electron chi connectivity index (χ3n) is 5.76. The first-order valence-electron chi connectivity index (χ1n) is 10.7. The zero-order valence-electron chi connectivity index (χ0n) is 17.3. The molecular weight excluding hydrogens is 376 g/mol. The molecule has 0 bridgehead atoms. The molecule has 158 valence electrons. The molecule has 0 amide bonds. The Kier molecular flexibility index (Phi) is 6.72. The SMILES string of the molecule is C=CCOc1ccccc1OCC(O)CN1CCC(c2cccc3[nH]ccc23)CC1. The second-order valence-electron chi connectivity index (χ2n) is 7.87. The normalized spacial score (nSPS) is 16.4. The maximum absolute atomic E-state index is 10.5. The van der Waals surface area contributed by atoms with Crippen LogP contribution in [0.25, 0.3) is 10.9 Å². The van der Waals surface area contributed by atoms with E-state index in [9.17, 15) is 5.11 Å². The van der Waals surface area contributed by atoms with Crippen molar-refractivity contribution >= 4 is 10.9 Å². The molecular formula is C25H30N2O3. The van der Waals surface area contributed by atoms with Gasteiger partial charge in [-0.2, -0.15) is 0 Å². The summed E-state index contributed by atoms with van der Waals surface area (Å²) in [6.07, 6.45) is 5.39. The average molecular weight is 407 g/mol. The van der Waals surface area contributed by atoms with Crippen LogP contribution in [0.1, 0.15) is 24.3 Å². The monoisotopic (exact) mass is 406 g/mol. The van der Waals surface area contributed by atoms with Crippen LogP contribution in [0, 0.1) is 0 Å². The number of H-pyrrole nitrogens is 1. The van der Waals surface area contributed by atoms with Gasteiger partial charge in [-0.3, -0.25) is 0 Å². The number of aliphatic hydroxyl groups is 1. The van der Waals surface area contributed by atoms with Gasteiger partial charge in [-0.15, -0.1) is 0 Å². The van der Waals surface area contributed by atoms with Crippen LogP contribution in [-0.4, -0.2) is 53.9 Å². The summed E-state index contributed by atoms with van der Waals surface area (Å²) >= 11 is 0. The van der Waals surface area contributed by atoms with Crippen molar-refractivity contribution in [1.29, 1.82) is 0 Å². The van der Waals surface area contributed by atoms with E-state index in [1.807, 2.05) is 30.5 Å². The minimum Gasteiger partial charge on any atom is -0.487 e. The van der Waals surface area contributed by atoms with Crippen LogP contribution in [-0.2, 0) is 0 Å². The summed E-state index contributed by atoms with van der Waals surface area (Å²) in [5.74, 6) is 1.89. The van der Waals surface area contributed by atoms with Gasteiger partial charge in [0.25, 0.3) is 0 Å². The molecule has 30 heavy (non-hydrogen) atoms. The molecule has 3 aromatic rings. The van der Waals surface area contributed by atoms with Crippen molar-refractivity contribution < 1.29 is 14.6 Å². The van der Waals surface area contributed by atoms with E-state index in [1.165, 1.54) is 16.5 Å². The number of piperidine rings is 1. The molecule has 0 aliphatic carbocycles. The molecule has 0 spiro atoms. The van der Waals surface area contributed by atoms with E-state index in [1.54, 1.807) is 6.08 Å². The van der Waals surface area contributed by atoms with Gasteiger partial charge in [0, 0.05) is 23.6 Å². The third kappa shape index (κ3) is 4.86. The van der Waals surface area contributed by atoms with Crippen LogP contribution < -0.4 is 9.47 Å². The number of aliphatic hydroxyl groups excluding tert-OH is 1. The predicted octanol–water partition coefficient (Wildman–Crippen LogP) is 4.35. The molecule has 1 aliphatic rings. The van der Waals surface area contributed by atoms with Gasteiger partial charge in [0.1, 0.15) is 19.3 Å². The topological polar surface area (TPSA) is 57.7 Å². The van der Waals surface area contributed by atoms with E-state index in [-0.39, 0.29) is 6.61 Å². The van der Waals surface area contributed by atoms with E-state index in [4.69, 9.17) is 9.47 Å². The molecule has 4 rings (SSSR count). The van der Waals surface area contributed by atoms with E-state index >= 15 is 0 Å². The highest BCUT2D eigenvalue weighted by atomic mass is 16.5. The van der Waals surface area contributed by atoms with Crippen molar-refractivity contribution in [2.75, 3.05) is 32.8 Å². The molecule has 1 saturated heterocycles. The molecule has 5 nitrogen and oxygen atoms in total. The molecule has 5 heteroatoms.